The lowest BCUT2D eigenvalue weighted by Crippen LogP contribution is -2.11. The highest BCUT2D eigenvalue weighted by Gasteiger charge is 2.22. The molecule has 0 bridgehead atoms. The fourth-order valence-electron chi connectivity index (χ4n) is 1.59. The maximum atomic E-state index is 11.7. The SMILES string of the molecule is CCCCCCCOC(=O)c1cc(S(N)(=O)=O)c(Br)o1. The van der Waals surface area contributed by atoms with Crippen LogP contribution >= 0.6 is 15.9 Å². The van der Waals surface area contributed by atoms with Crippen LogP contribution in [0.1, 0.15) is 49.6 Å². The topological polar surface area (TPSA) is 99.6 Å². The van der Waals surface area contributed by atoms with E-state index in [-0.39, 0.29) is 21.9 Å². The van der Waals surface area contributed by atoms with E-state index < -0.39 is 16.0 Å². The lowest BCUT2D eigenvalue weighted by molar-refractivity contribution is 0.0460. The average Bonchev–Trinajstić information content (AvgIpc) is 2.75. The number of primary sulfonamides is 1. The first-order valence-electron chi connectivity index (χ1n) is 6.35. The second-order valence-electron chi connectivity index (χ2n) is 4.34. The van der Waals surface area contributed by atoms with Gasteiger partial charge in [0.15, 0.2) is 4.67 Å². The first-order valence-corrected chi connectivity index (χ1v) is 8.69. The minimum absolute atomic E-state index is 0.102. The smallest absolute Gasteiger partial charge is 0.374 e. The van der Waals surface area contributed by atoms with Gasteiger partial charge in [-0.2, -0.15) is 0 Å². The monoisotopic (exact) mass is 367 g/mol. The zero-order chi connectivity index (χ0) is 15.2. The Hall–Kier alpha value is -0.860. The summed E-state index contributed by atoms with van der Waals surface area (Å²) in [5.74, 6) is -0.884. The van der Waals surface area contributed by atoms with Gasteiger partial charge in [0.1, 0.15) is 4.90 Å². The highest BCUT2D eigenvalue weighted by Crippen LogP contribution is 2.25. The summed E-state index contributed by atoms with van der Waals surface area (Å²) in [6.45, 7) is 2.41. The van der Waals surface area contributed by atoms with E-state index >= 15 is 0 Å². The third kappa shape index (κ3) is 5.26. The number of carbonyl (C=O) groups excluding carboxylic acids is 1. The minimum atomic E-state index is -3.93. The molecule has 20 heavy (non-hydrogen) atoms. The largest absolute Gasteiger partial charge is 0.460 e. The molecule has 0 saturated carbocycles. The van der Waals surface area contributed by atoms with Crippen LogP contribution in [0.4, 0.5) is 0 Å². The zero-order valence-corrected chi connectivity index (χ0v) is 13.6. The number of sulfonamides is 1. The van der Waals surface area contributed by atoms with E-state index in [0.29, 0.717) is 0 Å². The summed E-state index contributed by atoms with van der Waals surface area (Å²) in [5.41, 5.74) is 0. The van der Waals surface area contributed by atoms with Crippen molar-refractivity contribution >= 4 is 31.9 Å². The highest BCUT2D eigenvalue weighted by atomic mass is 79.9. The Labute approximate surface area is 126 Å². The van der Waals surface area contributed by atoms with Crippen molar-refractivity contribution in [1.29, 1.82) is 0 Å². The van der Waals surface area contributed by atoms with Gasteiger partial charge in [-0.1, -0.05) is 32.6 Å². The van der Waals surface area contributed by atoms with Crippen molar-refractivity contribution in [3.63, 3.8) is 0 Å². The molecule has 0 aliphatic heterocycles. The minimum Gasteiger partial charge on any atom is -0.460 e. The Kier molecular flexibility index (Phi) is 6.70. The zero-order valence-electron chi connectivity index (χ0n) is 11.2. The average molecular weight is 368 g/mol. The van der Waals surface area contributed by atoms with Crippen LogP contribution in [0.5, 0.6) is 0 Å². The number of hydrogen-bond acceptors (Lipinski definition) is 5. The molecule has 0 aromatic carbocycles. The number of furan rings is 1. The fraction of sp³-hybridized carbons (Fsp3) is 0.583. The maximum Gasteiger partial charge on any atom is 0.374 e. The summed E-state index contributed by atoms with van der Waals surface area (Å²) in [4.78, 5) is 11.4. The molecule has 0 fully saturated rings. The number of carbonyl (C=O) groups is 1. The predicted molar refractivity (Wildman–Crippen MR) is 76.8 cm³/mol. The van der Waals surface area contributed by atoms with Crippen molar-refractivity contribution < 1.29 is 22.4 Å². The van der Waals surface area contributed by atoms with Gasteiger partial charge in [-0.3, -0.25) is 0 Å². The molecule has 0 amide bonds. The summed E-state index contributed by atoms with van der Waals surface area (Å²) >= 11 is 2.90. The normalized spacial score (nSPS) is 11.6. The standard InChI is InChI=1S/C12H18BrNO5S/c1-2-3-4-5-6-7-18-12(15)9-8-10(11(13)19-9)20(14,16)17/h8H,2-7H2,1H3,(H2,14,16,17). The third-order valence-corrected chi connectivity index (χ3v) is 4.41. The van der Waals surface area contributed by atoms with Crippen LogP contribution in [0.15, 0.2) is 20.0 Å². The lowest BCUT2D eigenvalue weighted by Gasteiger charge is -2.02. The number of esters is 1. The van der Waals surface area contributed by atoms with Crippen LogP contribution in [0.3, 0.4) is 0 Å². The van der Waals surface area contributed by atoms with Gasteiger partial charge < -0.3 is 9.15 Å². The molecule has 0 unspecified atom stereocenters. The van der Waals surface area contributed by atoms with Crippen LogP contribution < -0.4 is 5.14 Å². The second-order valence-corrected chi connectivity index (χ2v) is 6.59. The van der Waals surface area contributed by atoms with Crippen LogP contribution in [0.2, 0.25) is 0 Å². The summed E-state index contributed by atoms with van der Waals surface area (Å²) in [5, 5.41) is 4.97. The van der Waals surface area contributed by atoms with Gasteiger partial charge in [0.2, 0.25) is 15.8 Å². The van der Waals surface area contributed by atoms with Crippen molar-refractivity contribution in [2.24, 2.45) is 5.14 Å². The van der Waals surface area contributed by atoms with E-state index in [4.69, 9.17) is 14.3 Å². The second kappa shape index (κ2) is 7.80. The first-order chi connectivity index (χ1) is 9.36. The molecular formula is C12H18BrNO5S. The molecule has 8 heteroatoms. The van der Waals surface area contributed by atoms with Gasteiger partial charge >= 0.3 is 5.97 Å². The molecule has 0 saturated heterocycles. The number of ether oxygens (including phenoxy) is 1. The first kappa shape index (κ1) is 17.2. The van der Waals surface area contributed by atoms with E-state index in [2.05, 4.69) is 22.9 Å². The highest BCUT2D eigenvalue weighted by molar-refractivity contribution is 9.10. The van der Waals surface area contributed by atoms with E-state index in [1.54, 1.807) is 0 Å². The van der Waals surface area contributed by atoms with Crippen LogP contribution in [-0.2, 0) is 14.8 Å². The predicted octanol–water partition coefficient (Wildman–Crippen LogP) is 2.82. The molecule has 1 rings (SSSR count). The van der Waals surface area contributed by atoms with Crippen molar-refractivity contribution in [2.75, 3.05) is 6.61 Å². The summed E-state index contributed by atoms with van der Waals surface area (Å²) in [6, 6.07) is 1.05. The summed E-state index contributed by atoms with van der Waals surface area (Å²) in [7, 11) is -3.93. The Bertz CT molecular complexity index is 552. The number of halogens is 1. The van der Waals surface area contributed by atoms with Gasteiger partial charge in [0, 0.05) is 6.07 Å². The van der Waals surface area contributed by atoms with Crippen molar-refractivity contribution in [1.82, 2.24) is 0 Å². The molecule has 1 aromatic heterocycles. The van der Waals surface area contributed by atoms with E-state index in [1.165, 1.54) is 0 Å². The van der Waals surface area contributed by atoms with Gasteiger partial charge in [-0.15, -0.1) is 0 Å². The van der Waals surface area contributed by atoms with E-state index in [1.807, 2.05) is 0 Å². The molecule has 1 aromatic rings. The molecule has 0 aliphatic rings. The molecule has 0 spiro atoms. The van der Waals surface area contributed by atoms with Gasteiger partial charge in [-0.05, 0) is 22.4 Å². The quantitative estimate of drug-likeness (QED) is 0.562. The Morgan fingerprint density at radius 3 is 2.55 bits per heavy atom. The molecular weight excluding hydrogens is 350 g/mol. The molecule has 0 atom stereocenters. The van der Waals surface area contributed by atoms with Gasteiger partial charge in [0.05, 0.1) is 6.61 Å². The van der Waals surface area contributed by atoms with Crippen LogP contribution in [-0.4, -0.2) is 21.0 Å². The van der Waals surface area contributed by atoms with Crippen LogP contribution in [0, 0.1) is 0 Å². The molecule has 2 N–H and O–H groups in total. The molecule has 6 nitrogen and oxygen atoms in total. The lowest BCUT2D eigenvalue weighted by atomic mass is 10.2. The van der Waals surface area contributed by atoms with E-state index in [9.17, 15) is 13.2 Å². The Balaban J connectivity index is 2.49. The maximum absolute atomic E-state index is 11.7. The Morgan fingerprint density at radius 1 is 1.35 bits per heavy atom. The summed E-state index contributed by atoms with van der Waals surface area (Å²) < 4.78 is 32.3. The van der Waals surface area contributed by atoms with Gasteiger partial charge in [-0.25, -0.2) is 18.4 Å². The van der Waals surface area contributed by atoms with Gasteiger partial charge in [0.25, 0.3) is 0 Å². The fourth-order valence-corrected chi connectivity index (χ4v) is 3.09. The van der Waals surface area contributed by atoms with Crippen molar-refractivity contribution in [3.8, 4) is 0 Å². The molecule has 1 heterocycles. The molecule has 0 aliphatic carbocycles. The van der Waals surface area contributed by atoms with Crippen LogP contribution in [0.25, 0.3) is 0 Å². The number of hydrogen-bond donors (Lipinski definition) is 1. The molecule has 0 radical (unpaired) electrons. The third-order valence-electron chi connectivity index (χ3n) is 2.64. The number of rotatable bonds is 8. The molecule has 114 valence electrons. The van der Waals surface area contributed by atoms with E-state index in [0.717, 1.165) is 38.2 Å². The van der Waals surface area contributed by atoms with Crippen molar-refractivity contribution in [3.05, 3.63) is 16.5 Å². The number of unbranched alkanes of at least 4 members (excludes halogenated alkanes) is 4. The summed E-state index contributed by atoms with van der Waals surface area (Å²) in [6.07, 6.45) is 5.18. The Morgan fingerprint density at radius 2 is 2.00 bits per heavy atom. The van der Waals surface area contributed by atoms with Crippen molar-refractivity contribution in [2.45, 2.75) is 43.9 Å². The number of nitrogens with two attached hydrogens (primary N) is 1.